The number of thiophene rings is 1. The molecule has 0 unspecified atom stereocenters. The molecule has 0 bridgehead atoms. The van der Waals surface area contributed by atoms with Crippen molar-refractivity contribution in [3.05, 3.63) is 52.2 Å². The molecule has 1 aromatic carbocycles. The van der Waals surface area contributed by atoms with Crippen molar-refractivity contribution in [2.75, 3.05) is 15.9 Å². The molecule has 0 radical (unpaired) electrons. The lowest BCUT2D eigenvalue weighted by Gasteiger charge is -2.21. The van der Waals surface area contributed by atoms with Crippen LogP contribution in [0.1, 0.15) is 22.8 Å². The summed E-state index contributed by atoms with van der Waals surface area (Å²) >= 11 is 2.97. The Bertz CT molecular complexity index is 1100. The minimum absolute atomic E-state index is 0.152. The summed E-state index contributed by atoms with van der Waals surface area (Å²) in [6, 6.07) is 8.91. The molecule has 27 heavy (non-hydrogen) atoms. The lowest BCUT2D eigenvalue weighted by molar-refractivity contribution is 0.102. The Balaban J connectivity index is 1.55. The first-order valence-electron chi connectivity index (χ1n) is 8.26. The van der Waals surface area contributed by atoms with Gasteiger partial charge in [-0.1, -0.05) is 6.07 Å². The molecule has 1 aliphatic heterocycles. The van der Waals surface area contributed by atoms with E-state index in [9.17, 15) is 13.2 Å². The number of nitrogens with one attached hydrogen (secondary N) is 1. The molecule has 1 amide bonds. The van der Waals surface area contributed by atoms with Crippen LogP contribution in [-0.2, 0) is 16.4 Å². The Kier molecular flexibility index (Phi) is 4.53. The van der Waals surface area contributed by atoms with E-state index in [1.807, 2.05) is 29.8 Å². The Morgan fingerprint density at radius 2 is 2.11 bits per heavy atom. The van der Waals surface area contributed by atoms with E-state index in [-0.39, 0.29) is 11.9 Å². The second kappa shape index (κ2) is 6.74. The summed E-state index contributed by atoms with van der Waals surface area (Å²) in [6.45, 7) is 1.86. The number of carbonyl (C=O) groups is 1. The molecule has 2 aromatic heterocycles. The molecule has 0 spiro atoms. The van der Waals surface area contributed by atoms with Crippen molar-refractivity contribution in [1.29, 1.82) is 0 Å². The molecule has 1 aliphatic rings. The van der Waals surface area contributed by atoms with Crippen LogP contribution in [0.5, 0.6) is 0 Å². The van der Waals surface area contributed by atoms with Crippen LogP contribution in [-0.4, -0.2) is 31.6 Å². The standard InChI is InChI=1S/C18H17N3O3S3/c1-11-8-13-9-12(5-6-15(13)21(11)27(2,23)24)17(22)20-18-19-14(10-26-18)16-4-3-7-25-16/h3-7,9-11H,8H2,1-2H3,(H,19,20,22)/t11-/m0/s1. The topological polar surface area (TPSA) is 79.4 Å². The van der Waals surface area contributed by atoms with Crippen molar-refractivity contribution in [1.82, 2.24) is 4.98 Å². The molecule has 1 N–H and O–H groups in total. The number of thiazole rings is 1. The molecule has 1 atom stereocenters. The van der Waals surface area contributed by atoms with Gasteiger partial charge in [0.1, 0.15) is 0 Å². The number of sulfonamides is 1. The van der Waals surface area contributed by atoms with Gasteiger partial charge < -0.3 is 0 Å². The highest BCUT2D eigenvalue weighted by Gasteiger charge is 2.32. The van der Waals surface area contributed by atoms with Crippen molar-refractivity contribution < 1.29 is 13.2 Å². The van der Waals surface area contributed by atoms with Gasteiger partial charge in [0.25, 0.3) is 5.91 Å². The number of anilines is 2. The largest absolute Gasteiger partial charge is 0.298 e. The van der Waals surface area contributed by atoms with Gasteiger partial charge in [0.2, 0.25) is 10.0 Å². The van der Waals surface area contributed by atoms with Crippen LogP contribution in [0.3, 0.4) is 0 Å². The highest BCUT2D eigenvalue weighted by molar-refractivity contribution is 7.92. The van der Waals surface area contributed by atoms with Gasteiger partial charge in [0, 0.05) is 17.0 Å². The molecule has 3 aromatic rings. The quantitative estimate of drug-likeness (QED) is 0.697. The molecular formula is C18H17N3O3S3. The number of aromatic nitrogens is 1. The third-order valence-corrected chi connectivity index (χ3v) is 7.27. The summed E-state index contributed by atoms with van der Waals surface area (Å²) in [6.07, 6.45) is 1.79. The second-order valence-electron chi connectivity index (χ2n) is 6.42. The van der Waals surface area contributed by atoms with Gasteiger partial charge >= 0.3 is 0 Å². The van der Waals surface area contributed by atoms with Crippen molar-refractivity contribution in [3.8, 4) is 10.6 Å². The van der Waals surface area contributed by atoms with Gasteiger partial charge in [0.05, 0.1) is 22.5 Å². The van der Waals surface area contributed by atoms with E-state index in [2.05, 4.69) is 10.3 Å². The molecule has 0 fully saturated rings. The van der Waals surface area contributed by atoms with E-state index < -0.39 is 10.0 Å². The number of amides is 1. The van der Waals surface area contributed by atoms with E-state index in [1.165, 1.54) is 21.9 Å². The van der Waals surface area contributed by atoms with Crippen LogP contribution >= 0.6 is 22.7 Å². The Labute approximate surface area is 165 Å². The monoisotopic (exact) mass is 419 g/mol. The normalized spacial score (nSPS) is 16.4. The summed E-state index contributed by atoms with van der Waals surface area (Å²) < 4.78 is 25.4. The molecule has 4 rings (SSSR count). The third kappa shape index (κ3) is 3.50. The average molecular weight is 420 g/mol. The number of rotatable bonds is 4. The molecule has 6 nitrogen and oxygen atoms in total. The van der Waals surface area contributed by atoms with E-state index >= 15 is 0 Å². The number of fused-ring (bicyclic) bond motifs is 1. The number of hydrogen-bond acceptors (Lipinski definition) is 6. The first-order chi connectivity index (χ1) is 12.8. The predicted molar refractivity (Wildman–Crippen MR) is 110 cm³/mol. The van der Waals surface area contributed by atoms with Gasteiger partial charge in [-0.05, 0) is 48.6 Å². The fraction of sp³-hybridized carbons (Fsp3) is 0.222. The predicted octanol–water partition coefficient (Wildman–Crippen LogP) is 3.83. The summed E-state index contributed by atoms with van der Waals surface area (Å²) in [5.41, 5.74) is 2.84. The molecule has 140 valence electrons. The van der Waals surface area contributed by atoms with Gasteiger partial charge in [-0.15, -0.1) is 22.7 Å². The number of carbonyl (C=O) groups excluding carboxylic acids is 1. The van der Waals surface area contributed by atoms with E-state index in [4.69, 9.17) is 0 Å². The number of nitrogens with zero attached hydrogens (tertiary/aromatic N) is 2. The molecule has 0 aliphatic carbocycles. The summed E-state index contributed by atoms with van der Waals surface area (Å²) in [5.74, 6) is -0.254. The van der Waals surface area contributed by atoms with Gasteiger partial charge in [-0.3, -0.25) is 14.4 Å². The molecule has 3 heterocycles. The fourth-order valence-electron chi connectivity index (χ4n) is 3.29. The Hall–Kier alpha value is -2.23. The maximum Gasteiger partial charge on any atom is 0.257 e. The van der Waals surface area contributed by atoms with Crippen molar-refractivity contribution in [2.45, 2.75) is 19.4 Å². The van der Waals surface area contributed by atoms with E-state index in [0.717, 1.165) is 16.1 Å². The lowest BCUT2D eigenvalue weighted by atomic mass is 10.1. The zero-order chi connectivity index (χ0) is 19.2. The zero-order valence-corrected chi connectivity index (χ0v) is 17.1. The van der Waals surface area contributed by atoms with Crippen LogP contribution in [0, 0.1) is 0 Å². The SMILES string of the molecule is C[C@H]1Cc2cc(C(=O)Nc3nc(-c4cccs4)cs3)ccc2N1S(C)(=O)=O. The van der Waals surface area contributed by atoms with Gasteiger partial charge in [-0.2, -0.15) is 0 Å². The van der Waals surface area contributed by atoms with E-state index in [1.54, 1.807) is 29.5 Å². The minimum Gasteiger partial charge on any atom is -0.298 e. The zero-order valence-electron chi connectivity index (χ0n) is 14.7. The Morgan fingerprint density at radius 3 is 2.81 bits per heavy atom. The van der Waals surface area contributed by atoms with Crippen molar-refractivity contribution >= 4 is 49.4 Å². The molecule has 9 heteroatoms. The fourth-order valence-corrected chi connectivity index (χ4v) is 6.02. The van der Waals surface area contributed by atoms with Gasteiger partial charge in [-0.25, -0.2) is 13.4 Å². The molecule has 0 saturated heterocycles. The minimum atomic E-state index is -3.34. The second-order valence-corrected chi connectivity index (χ2v) is 10.1. The highest BCUT2D eigenvalue weighted by Crippen LogP contribution is 2.35. The smallest absolute Gasteiger partial charge is 0.257 e. The number of benzene rings is 1. The van der Waals surface area contributed by atoms with Crippen LogP contribution in [0.2, 0.25) is 0 Å². The maximum atomic E-state index is 12.6. The highest BCUT2D eigenvalue weighted by atomic mass is 32.2. The van der Waals surface area contributed by atoms with Crippen LogP contribution in [0.15, 0.2) is 41.1 Å². The van der Waals surface area contributed by atoms with Crippen LogP contribution < -0.4 is 9.62 Å². The summed E-state index contributed by atoms with van der Waals surface area (Å²) in [4.78, 5) is 18.1. The lowest BCUT2D eigenvalue weighted by Crippen LogP contribution is -2.34. The average Bonchev–Trinajstić information content (AvgIpc) is 3.31. The van der Waals surface area contributed by atoms with Crippen molar-refractivity contribution in [3.63, 3.8) is 0 Å². The Morgan fingerprint density at radius 1 is 1.30 bits per heavy atom. The maximum absolute atomic E-state index is 12.6. The van der Waals surface area contributed by atoms with E-state index in [0.29, 0.717) is 22.8 Å². The summed E-state index contributed by atoms with van der Waals surface area (Å²) in [5, 5.41) is 7.26. The summed E-state index contributed by atoms with van der Waals surface area (Å²) in [7, 11) is -3.34. The molecular weight excluding hydrogens is 402 g/mol. The van der Waals surface area contributed by atoms with Crippen LogP contribution in [0.4, 0.5) is 10.8 Å². The van der Waals surface area contributed by atoms with Crippen LogP contribution in [0.25, 0.3) is 10.6 Å². The molecule has 0 saturated carbocycles. The van der Waals surface area contributed by atoms with Gasteiger partial charge in [0.15, 0.2) is 5.13 Å². The first kappa shape index (κ1) is 18.1. The first-order valence-corrected chi connectivity index (χ1v) is 11.9. The number of hydrogen-bond donors (Lipinski definition) is 1. The van der Waals surface area contributed by atoms with Crippen molar-refractivity contribution in [2.24, 2.45) is 0 Å². The third-order valence-electron chi connectivity index (χ3n) is 4.35.